The molecule has 5 heteroatoms. The number of hydrogen-bond donors (Lipinski definition) is 1. The largest absolute Gasteiger partial charge is 0.302 e. The van der Waals surface area contributed by atoms with Gasteiger partial charge in [-0.1, -0.05) is 5.92 Å². The van der Waals surface area contributed by atoms with Crippen molar-refractivity contribution < 1.29 is 9.31 Å². The second-order valence-corrected chi connectivity index (χ2v) is 3.06. The minimum atomic E-state index is -0.526. The molecule has 0 aliphatic rings. The third kappa shape index (κ3) is 3.33. The van der Waals surface area contributed by atoms with Crippen LogP contribution < -0.4 is 5.32 Å². The Morgan fingerprint density at radius 3 is 2.94 bits per heavy atom. The quantitative estimate of drug-likeness (QED) is 0.366. The summed E-state index contributed by atoms with van der Waals surface area (Å²) in [6.07, 6.45) is 0. The maximum absolute atomic E-state index is 12.9. The lowest BCUT2D eigenvalue weighted by Crippen LogP contribution is -2.14. The molecule has 0 radical (unpaired) electrons. The summed E-state index contributed by atoms with van der Waals surface area (Å²) in [5.74, 6) is 4.96. The number of nitro groups is 1. The summed E-state index contributed by atoms with van der Waals surface area (Å²) in [7, 11) is 0. The maximum Gasteiger partial charge on any atom is 0.274 e. The lowest BCUT2D eigenvalue weighted by Gasteiger charge is -2.03. The first-order chi connectivity index (χ1) is 7.65. The van der Waals surface area contributed by atoms with Gasteiger partial charge in [0.1, 0.15) is 5.82 Å². The molecular formula is C11H11FN2O2. The van der Waals surface area contributed by atoms with Gasteiger partial charge >= 0.3 is 0 Å². The Morgan fingerprint density at radius 2 is 2.31 bits per heavy atom. The van der Waals surface area contributed by atoms with Crippen molar-refractivity contribution in [1.29, 1.82) is 0 Å². The van der Waals surface area contributed by atoms with E-state index < -0.39 is 10.7 Å². The summed E-state index contributed by atoms with van der Waals surface area (Å²) in [6, 6.07) is 3.40. The van der Waals surface area contributed by atoms with Crippen LogP contribution in [0, 0.1) is 27.8 Å². The van der Waals surface area contributed by atoms with Crippen LogP contribution in [0.25, 0.3) is 0 Å². The highest BCUT2D eigenvalue weighted by molar-refractivity contribution is 5.40. The van der Waals surface area contributed by atoms with E-state index in [0.29, 0.717) is 12.1 Å². The van der Waals surface area contributed by atoms with Gasteiger partial charge in [0.15, 0.2) is 0 Å². The van der Waals surface area contributed by atoms with E-state index >= 15 is 0 Å². The van der Waals surface area contributed by atoms with Gasteiger partial charge in [-0.3, -0.25) is 10.1 Å². The molecule has 1 aromatic rings. The van der Waals surface area contributed by atoms with Crippen LogP contribution in [0.1, 0.15) is 12.5 Å². The van der Waals surface area contributed by atoms with E-state index in [2.05, 4.69) is 17.2 Å². The van der Waals surface area contributed by atoms with Crippen molar-refractivity contribution in [2.24, 2.45) is 0 Å². The molecule has 0 bridgehead atoms. The molecule has 0 atom stereocenters. The third-order valence-electron chi connectivity index (χ3n) is 1.94. The fourth-order valence-electron chi connectivity index (χ4n) is 1.22. The average molecular weight is 222 g/mol. The van der Waals surface area contributed by atoms with Gasteiger partial charge in [0.25, 0.3) is 5.69 Å². The number of rotatable bonds is 4. The Balaban J connectivity index is 2.78. The summed E-state index contributed by atoms with van der Waals surface area (Å²) < 4.78 is 12.9. The second kappa shape index (κ2) is 5.83. The topological polar surface area (TPSA) is 55.2 Å². The molecule has 0 saturated heterocycles. The highest BCUT2D eigenvalue weighted by Crippen LogP contribution is 2.18. The zero-order valence-corrected chi connectivity index (χ0v) is 8.79. The fraction of sp³-hybridized carbons (Fsp3) is 0.273. The SMILES string of the molecule is CC#CCNCc1cc(F)ccc1[N+](=O)[O-]. The Morgan fingerprint density at radius 1 is 1.56 bits per heavy atom. The summed E-state index contributed by atoms with van der Waals surface area (Å²) in [6.45, 7) is 2.35. The normalized spacial score (nSPS) is 9.38. The molecule has 1 aromatic carbocycles. The van der Waals surface area contributed by atoms with Crippen molar-refractivity contribution >= 4 is 5.69 Å². The summed E-state index contributed by atoms with van der Waals surface area (Å²) in [5.41, 5.74) is 0.237. The van der Waals surface area contributed by atoms with E-state index in [9.17, 15) is 14.5 Å². The first-order valence-corrected chi connectivity index (χ1v) is 4.68. The molecule has 0 spiro atoms. The number of halogens is 1. The van der Waals surface area contributed by atoms with E-state index in [0.717, 1.165) is 18.2 Å². The van der Waals surface area contributed by atoms with E-state index in [1.807, 2.05) is 0 Å². The summed E-state index contributed by atoms with van der Waals surface area (Å²) in [4.78, 5) is 10.1. The Hall–Kier alpha value is -1.93. The summed E-state index contributed by atoms with van der Waals surface area (Å²) in [5, 5.41) is 13.5. The Bertz CT molecular complexity index is 449. The monoisotopic (exact) mass is 222 g/mol. The lowest BCUT2D eigenvalue weighted by atomic mass is 10.1. The number of benzene rings is 1. The van der Waals surface area contributed by atoms with E-state index in [4.69, 9.17) is 0 Å². The molecule has 0 unspecified atom stereocenters. The first-order valence-electron chi connectivity index (χ1n) is 4.68. The van der Waals surface area contributed by atoms with Gasteiger partial charge in [0.2, 0.25) is 0 Å². The molecule has 0 fully saturated rings. The number of nitrogens with one attached hydrogen (secondary N) is 1. The minimum absolute atomic E-state index is 0.0849. The van der Waals surface area contributed by atoms with Crippen molar-refractivity contribution in [2.75, 3.05) is 6.54 Å². The third-order valence-corrected chi connectivity index (χ3v) is 1.94. The Kier molecular flexibility index (Phi) is 4.42. The van der Waals surface area contributed by atoms with E-state index in [-0.39, 0.29) is 12.2 Å². The van der Waals surface area contributed by atoms with Crippen molar-refractivity contribution in [2.45, 2.75) is 13.5 Å². The van der Waals surface area contributed by atoms with Crippen LogP contribution in [-0.2, 0) is 6.54 Å². The fourth-order valence-corrected chi connectivity index (χ4v) is 1.22. The van der Waals surface area contributed by atoms with Gasteiger partial charge in [0, 0.05) is 18.2 Å². The van der Waals surface area contributed by atoms with Crippen LogP contribution in [0.2, 0.25) is 0 Å². The second-order valence-electron chi connectivity index (χ2n) is 3.06. The molecule has 0 aliphatic carbocycles. The smallest absolute Gasteiger partial charge is 0.274 e. The molecule has 0 aromatic heterocycles. The van der Waals surface area contributed by atoms with Gasteiger partial charge in [-0.05, 0) is 19.1 Å². The number of hydrogen-bond acceptors (Lipinski definition) is 3. The molecule has 16 heavy (non-hydrogen) atoms. The lowest BCUT2D eigenvalue weighted by molar-refractivity contribution is -0.385. The van der Waals surface area contributed by atoms with Gasteiger partial charge in [0.05, 0.1) is 11.5 Å². The van der Waals surface area contributed by atoms with E-state index in [1.54, 1.807) is 6.92 Å². The molecule has 4 nitrogen and oxygen atoms in total. The van der Waals surface area contributed by atoms with Gasteiger partial charge in [-0.2, -0.15) is 0 Å². The maximum atomic E-state index is 12.9. The Labute approximate surface area is 92.6 Å². The zero-order valence-electron chi connectivity index (χ0n) is 8.79. The predicted octanol–water partition coefficient (Wildman–Crippen LogP) is 1.85. The highest BCUT2D eigenvalue weighted by atomic mass is 19.1. The van der Waals surface area contributed by atoms with Crippen molar-refractivity contribution in [1.82, 2.24) is 5.32 Å². The zero-order chi connectivity index (χ0) is 12.0. The number of nitrogens with zero attached hydrogens (tertiary/aromatic N) is 1. The van der Waals surface area contributed by atoms with Gasteiger partial charge in [-0.15, -0.1) is 5.92 Å². The first kappa shape index (κ1) is 12.1. The van der Waals surface area contributed by atoms with Crippen LogP contribution in [0.15, 0.2) is 18.2 Å². The minimum Gasteiger partial charge on any atom is -0.302 e. The molecule has 1 N–H and O–H groups in total. The van der Waals surface area contributed by atoms with E-state index in [1.165, 1.54) is 0 Å². The van der Waals surface area contributed by atoms with Crippen LogP contribution in [0.4, 0.5) is 10.1 Å². The van der Waals surface area contributed by atoms with Crippen molar-refractivity contribution in [3.8, 4) is 11.8 Å². The van der Waals surface area contributed by atoms with Crippen molar-refractivity contribution in [3.05, 3.63) is 39.7 Å². The van der Waals surface area contributed by atoms with Crippen LogP contribution in [-0.4, -0.2) is 11.5 Å². The average Bonchev–Trinajstić information content (AvgIpc) is 2.24. The van der Waals surface area contributed by atoms with Crippen LogP contribution >= 0.6 is 0 Å². The number of nitro benzene ring substituents is 1. The summed E-state index contributed by atoms with van der Waals surface area (Å²) >= 11 is 0. The van der Waals surface area contributed by atoms with Crippen LogP contribution in [0.3, 0.4) is 0 Å². The van der Waals surface area contributed by atoms with Gasteiger partial charge < -0.3 is 5.32 Å². The molecule has 0 saturated carbocycles. The van der Waals surface area contributed by atoms with Gasteiger partial charge in [-0.25, -0.2) is 4.39 Å². The predicted molar refractivity (Wildman–Crippen MR) is 58.2 cm³/mol. The molecule has 0 heterocycles. The molecule has 0 amide bonds. The standard InChI is InChI=1S/C11H11FN2O2/c1-2-3-6-13-8-9-7-10(12)4-5-11(9)14(15)16/h4-5,7,13H,6,8H2,1H3. The molecular weight excluding hydrogens is 211 g/mol. The highest BCUT2D eigenvalue weighted by Gasteiger charge is 2.13. The molecule has 1 rings (SSSR count). The van der Waals surface area contributed by atoms with Crippen LogP contribution in [0.5, 0.6) is 0 Å². The van der Waals surface area contributed by atoms with Crippen molar-refractivity contribution in [3.63, 3.8) is 0 Å². The molecule has 84 valence electrons. The molecule has 0 aliphatic heterocycles.